The second kappa shape index (κ2) is 11.6. The summed E-state index contributed by atoms with van der Waals surface area (Å²) in [6.45, 7) is 7.09. The number of fused-ring (bicyclic) bond motifs is 1. The van der Waals surface area contributed by atoms with Crippen LogP contribution in [0.4, 0.5) is 24.1 Å². The van der Waals surface area contributed by atoms with Gasteiger partial charge in [0, 0.05) is 37.1 Å². The predicted molar refractivity (Wildman–Crippen MR) is 143 cm³/mol. The molecule has 1 saturated carbocycles. The first-order valence-electron chi connectivity index (χ1n) is 13.3. The Morgan fingerprint density at radius 1 is 1.17 bits per heavy atom. The van der Waals surface area contributed by atoms with Crippen molar-refractivity contribution in [2.45, 2.75) is 32.5 Å². The molecule has 220 valence electrons. The van der Waals surface area contributed by atoms with Crippen LogP contribution in [0, 0.1) is 40.7 Å². The molecule has 11 nitrogen and oxygen atoms in total. The lowest BCUT2D eigenvalue weighted by Gasteiger charge is -2.25. The van der Waals surface area contributed by atoms with Crippen molar-refractivity contribution in [1.29, 1.82) is 5.26 Å². The minimum absolute atomic E-state index is 0.0352. The van der Waals surface area contributed by atoms with E-state index >= 15 is 0 Å². The van der Waals surface area contributed by atoms with Gasteiger partial charge in [-0.3, -0.25) is 9.88 Å². The van der Waals surface area contributed by atoms with E-state index in [2.05, 4.69) is 20.7 Å². The lowest BCUT2D eigenvalue weighted by Crippen LogP contribution is -2.36. The van der Waals surface area contributed by atoms with Crippen LogP contribution < -0.4 is 9.64 Å². The number of hydrogen-bond donors (Lipinski definition) is 0. The minimum Gasteiger partial charge on any atom is -0.471 e. The van der Waals surface area contributed by atoms with Crippen LogP contribution in [0.2, 0.25) is 0 Å². The van der Waals surface area contributed by atoms with Gasteiger partial charge < -0.3 is 23.6 Å². The van der Waals surface area contributed by atoms with E-state index in [4.69, 9.17) is 19.5 Å². The number of halogens is 2. The number of ether oxygens (including phenoxy) is 3. The maximum Gasteiger partial charge on any atom is 0.414 e. The highest BCUT2D eigenvalue weighted by atomic mass is 19.1. The van der Waals surface area contributed by atoms with Crippen LogP contribution in [-0.2, 0) is 9.47 Å². The molecule has 2 unspecified atom stereocenters. The summed E-state index contributed by atoms with van der Waals surface area (Å²) < 4.78 is 49.4. The van der Waals surface area contributed by atoms with Crippen LogP contribution in [-0.4, -0.2) is 65.2 Å². The fourth-order valence-electron chi connectivity index (χ4n) is 4.97. The summed E-state index contributed by atoms with van der Waals surface area (Å²) >= 11 is 0. The van der Waals surface area contributed by atoms with Gasteiger partial charge in [0.15, 0.2) is 6.10 Å². The molecule has 6 rings (SSSR count). The SMILES string of the molecule is CC(C)(C)OC(=O)N1C[C@@H]2C(C#N)[C@@H]2C1.O=C1OC(COc2ccon2)CN1c1cc(F)c(-c2cccnc2)c(F)c1. The summed E-state index contributed by atoms with van der Waals surface area (Å²) in [7, 11) is 0. The smallest absolute Gasteiger partial charge is 0.414 e. The minimum atomic E-state index is -0.798. The molecule has 4 atom stereocenters. The number of nitrogens with zero attached hydrogens (tertiary/aromatic N) is 5. The van der Waals surface area contributed by atoms with Crippen LogP contribution in [0.1, 0.15) is 20.8 Å². The maximum absolute atomic E-state index is 14.5. The van der Waals surface area contributed by atoms with Crippen molar-refractivity contribution >= 4 is 17.9 Å². The van der Waals surface area contributed by atoms with Gasteiger partial charge in [0.2, 0.25) is 0 Å². The zero-order valence-electron chi connectivity index (χ0n) is 23.2. The molecule has 42 heavy (non-hydrogen) atoms. The number of cyclic esters (lactones) is 1. The van der Waals surface area contributed by atoms with Crippen molar-refractivity contribution in [1.82, 2.24) is 15.0 Å². The van der Waals surface area contributed by atoms with Gasteiger partial charge >= 0.3 is 12.2 Å². The largest absolute Gasteiger partial charge is 0.471 e. The molecule has 0 N–H and O–H groups in total. The number of amides is 2. The van der Waals surface area contributed by atoms with Gasteiger partial charge in [0.25, 0.3) is 5.88 Å². The van der Waals surface area contributed by atoms with Crippen molar-refractivity contribution in [3.8, 4) is 23.1 Å². The number of rotatable bonds is 5. The summed E-state index contributed by atoms with van der Waals surface area (Å²) in [5.41, 5.74) is -0.266. The number of pyridine rings is 1. The monoisotopic (exact) mass is 581 g/mol. The second-order valence-electron chi connectivity index (χ2n) is 11.2. The molecule has 3 aromatic rings. The normalized spacial score (nSPS) is 22.4. The van der Waals surface area contributed by atoms with E-state index in [1.165, 1.54) is 24.7 Å². The van der Waals surface area contributed by atoms with E-state index in [1.807, 2.05) is 20.8 Å². The lowest BCUT2D eigenvalue weighted by molar-refractivity contribution is 0.0269. The van der Waals surface area contributed by atoms with Gasteiger partial charge in [-0.1, -0.05) is 6.07 Å². The van der Waals surface area contributed by atoms with Crippen molar-refractivity contribution in [2.75, 3.05) is 31.1 Å². The third kappa shape index (κ3) is 6.43. The number of hydrogen-bond acceptors (Lipinski definition) is 9. The first-order chi connectivity index (χ1) is 20.0. The van der Waals surface area contributed by atoms with E-state index in [9.17, 15) is 18.4 Å². The average molecular weight is 582 g/mol. The molecule has 2 amide bonds. The van der Waals surface area contributed by atoms with Crippen molar-refractivity contribution < 1.29 is 37.1 Å². The van der Waals surface area contributed by atoms with Gasteiger partial charge in [-0.2, -0.15) is 5.26 Å². The third-order valence-electron chi connectivity index (χ3n) is 6.99. The highest BCUT2D eigenvalue weighted by Gasteiger charge is 2.57. The average Bonchev–Trinajstić information content (AvgIpc) is 3.39. The zero-order valence-corrected chi connectivity index (χ0v) is 23.2. The third-order valence-corrected chi connectivity index (χ3v) is 6.99. The summed E-state index contributed by atoms with van der Waals surface area (Å²) in [5.74, 6) is -0.350. The molecule has 1 aliphatic carbocycles. The van der Waals surface area contributed by atoms with Crippen LogP contribution in [0.5, 0.6) is 5.88 Å². The number of aromatic nitrogens is 2. The zero-order chi connectivity index (χ0) is 30.0. The molecule has 4 heterocycles. The molecule has 0 spiro atoms. The van der Waals surface area contributed by atoms with Gasteiger partial charge in [0.05, 0.1) is 29.8 Å². The van der Waals surface area contributed by atoms with E-state index in [-0.39, 0.29) is 42.3 Å². The molecule has 0 radical (unpaired) electrons. The number of piperidine rings is 1. The first-order valence-corrected chi connectivity index (χ1v) is 13.3. The summed E-state index contributed by atoms with van der Waals surface area (Å²) in [6, 6.07) is 9.10. The lowest BCUT2D eigenvalue weighted by atomic mass is 10.1. The maximum atomic E-state index is 14.5. The summed E-state index contributed by atoms with van der Waals surface area (Å²) in [4.78, 5) is 30.5. The summed E-state index contributed by atoms with van der Waals surface area (Å²) in [6.07, 6.45) is 2.65. The number of nitriles is 1. The topological polar surface area (TPSA) is 131 Å². The summed E-state index contributed by atoms with van der Waals surface area (Å²) in [5, 5.41) is 12.3. The number of anilines is 1. The Labute approximate surface area is 240 Å². The first kappa shape index (κ1) is 28.8. The quantitative estimate of drug-likeness (QED) is 0.407. The molecule has 3 fully saturated rings. The molecular formula is C29H29F2N5O6. The van der Waals surface area contributed by atoms with Gasteiger partial charge in [-0.15, -0.1) is 0 Å². The van der Waals surface area contributed by atoms with Gasteiger partial charge in [-0.25, -0.2) is 18.4 Å². The Bertz CT molecular complexity index is 1440. The number of likely N-dealkylation sites (tertiary alicyclic amines) is 1. The van der Waals surface area contributed by atoms with Crippen molar-refractivity contribution in [3.05, 3.63) is 60.6 Å². The van der Waals surface area contributed by atoms with E-state index in [1.54, 1.807) is 17.0 Å². The number of carbonyl (C=O) groups excluding carboxylic acids is 2. The number of benzene rings is 1. The molecule has 2 aromatic heterocycles. The molecule has 3 aliphatic rings. The molecule has 0 bridgehead atoms. The highest BCUT2D eigenvalue weighted by molar-refractivity contribution is 5.90. The van der Waals surface area contributed by atoms with Crippen LogP contribution >= 0.6 is 0 Å². The van der Waals surface area contributed by atoms with Crippen LogP contribution in [0.15, 0.2) is 53.5 Å². The fraction of sp³-hybridized carbons (Fsp3) is 0.414. The Morgan fingerprint density at radius 3 is 2.45 bits per heavy atom. The van der Waals surface area contributed by atoms with E-state index in [0.29, 0.717) is 30.5 Å². The Kier molecular flexibility index (Phi) is 7.98. The van der Waals surface area contributed by atoms with E-state index in [0.717, 1.165) is 17.0 Å². The molecule has 1 aromatic carbocycles. The molecule has 13 heteroatoms. The Balaban J connectivity index is 0.000000199. The number of carbonyl (C=O) groups is 2. The van der Waals surface area contributed by atoms with Crippen LogP contribution in [0.25, 0.3) is 11.1 Å². The van der Waals surface area contributed by atoms with Gasteiger partial charge in [-0.05, 0) is 56.0 Å². The predicted octanol–water partition coefficient (Wildman–Crippen LogP) is 5.04. The second-order valence-corrected chi connectivity index (χ2v) is 11.2. The van der Waals surface area contributed by atoms with Crippen molar-refractivity contribution in [2.24, 2.45) is 17.8 Å². The standard InChI is InChI=1S/C18H13F2N3O4.C11H16N2O2/c19-14-6-12(7-15(20)17(14)11-2-1-4-21-8-11)23-9-13(27-18(23)24)10-25-16-3-5-26-22-16;1-11(2,3)15-10(14)13-5-8-7(4-12)9(8)6-13/h1-8,13H,9-10H2;7-9H,5-6H2,1-3H3/t;7?,8-,9+. The fourth-order valence-corrected chi connectivity index (χ4v) is 4.97. The molecular weight excluding hydrogens is 552 g/mol. The van der Waals surface area contributed by atoms with E-state index < -0.39 is 29.4 Å². The Hall–Kier alpha value is -4.73. The van der Waals surface area contributed by atoms with Crippen LogP contribution in [0.3, 0.4) is 0 Å². The molecule has 2 aliphatic heterocycles. The highest BCUT2D eigenvalue weighted by Crippen LogP contribution is 2.51. The van der Waals surface area contributed by atoms with Crippen molar-refractivity contribution in [3.63, 3.8) is 0 Å². The molecule has 2 saturated heterocycles. The van der Waals surface area contributed by atoms with Gasteiger partial charge in [0.1, 0.15) is 30.1 Å². The Morgan fingerprint density at radius 2 is 1.88 bits per heavy atom.